The Morgan fingerprint density at radius 1 is 0.545 bits per heavy atom. The lowest BCUT2D eigenvalue weighted by Gasteiger charge is -2.46. The minimum atomic E-state index is -3.52. The fourth-order valence-electron chi connectivity index (χ4n) is 3.68. The van der Waals surface area contributed by atoms with Gasteiger partial charge in [0.05, 0.1) is 0 Å². The van der Waals surface area contributed by atoms with Crippen LogP contribution in [0.15, 0.2) is 0 Å². The summed E-state index contributed by atoms with van der Waals surface area (Å²) >= 11 is 0. The van der Waals surface area contributed by atoms with Gasteiger partial charge in [-0.15, -0.1) is 0 Å². The molecule has 55 heavy (non-hydrogen) atoms. The molecule has 0 rings (SSSR count). The predicted octanol–water partition coefficient (Wildman–Crippen LogP) is 1.60. The van der Waals surface area contributed by atoms with Crippen LogP contribution in [0, 0.1) is 0 Å². The van der Waals surface area contributed by atoms with E-state index < -0.39 is 47.8 Å². The number of nitrogens with zero attached hydrogens (tertiary/aromatic N) is 1. The van der Waals surface area contributed by atoms with Crippen molar-refractivity contribution in [1.82, 2.24) is 9.55 Å². The summed E-state index contributed by atoms with van der Waals surface area (Å²) in [6, 6.07) is 0. The number of nitrogens with one attached hydrogen (secondary N) is 1. The maximum atomic E-state index is 9.00. The normalized spacial score (nSPS) is 11.5. The SMILES string of the molecule is CC(=O)O.CC(=O)O.CC(=O)O.CC(=O)O.CC(=O)O.CCO[Si](OCC)(OC(C)CCCN)N(CCNCCN)[Si](OCC)(OCC)OC(C)CCCN. The smallest absolute Gasteiger partial charge is 0.481 e. The second kappa shape index (κ2) is 44.1. The number of carboxylic acid groups (broad SMARTS) is 5. The number of rotatable bonds is 25. The van der Waals surface area contributed by atoms with E-state index in [1.165, 1.54) is 0 Å². The van der Waals surface area contributed by atoms with E-state index in [4.69, 9.17) is 93.3 Å². The van der Waals surface area contributed by atoms with Crippen molar-refractivity contribution in [3.63, 3.8) is 0 Å². The molecule has 2 atom stereocenters. The highest BCUT2D eigenvalue weighted by molar-refractivity contribution is 6.75. The summed E-state index contributed by atoms with van der Waals surface area (Å²) in [4.78, 5) is 45.0. The van der Waals surface area contributed by atoms with Crippen LogP contribution in [0.5, 0.6) is 0 Å². The first kappa shape index (κ1) is 64.2. The van der Waals surface area contributed by atoms with E-state index >= 15 is 0 Å². The number of aliphatic carboxylic acids is 5. The number of hydrogen-bond donors (Lipinski definition) is 9. The quantitative estimate of drug-likeness (QED) is 0.0465. The van der Waals surface area contributed by atoms with Gasteiger partial charge in [-0.1, -0.05) is 0 Å². The maximum absolute atomic E-state index is 9.00. The van der Waals surface area contributed by atoms with Crippen LogP contribution in [0.25, 0.3) is 0 Å². The molecule has 12 N–H and O–H groups in total. The molecule has 0 aliphatic heterocycles. The van der Waals surface area contributed by atoms with Crippen LogP contribution in [-0.4, -0.2) is 155 Å². The highest BCUT2D eigenvalue weighted by Crippen LogP contribution is 2.29. The largest absolute Gasteiger partial charge is 0.598 e. The second-order valence-electron chi connectivity index (χ2n) is 10.8. The van der Waals surface area contributed by atoms with E-state index in [0.717, 1.165) is 60.3 Å². The Morgan fingerprint density at radius 2 is 0.800 bits per heavy atom. The summed E-state index contributed by atoms with van der Waals surface area (Å²) in [5, 5.41) is 40.4. The fraction of sp³-hybridized carbons (Fsp3) is 0.844. The third kappa shape index (κ3) is 51.3. The number of nitrogens with two attached hydrogens (primary N) is 3. The number of carboxylic acids is 5. The first-order valence-corrected chi connectivity index (χ1v) is 21.3. The van der Waals surface area contributed by atoms with Gasteiger partial charge in [0.2, 0.25) is 0 Å². The van der Waals surface area contributed by atoms with Gasteiger partial charge in [0.1, 0.15) is 0 Å². The molecule has 0 heterocycles. The average Bonchev–Trinajstić information content (AvgIpc) is 3.02. The van der Waals surface area contributed by atoms with Gasteiger partial charge < -0.3 is 74.6 Å². The summed E-state index contributed by atoms with van der Waals surface area (Å²) in [5.74, 6) is -4.17. The van der Waals surface area contributed by atoms with Gasteiger partial charge in [0.25, 0.3) is 29.8 Å². The number of hydrogen-bond acceptors (Lipinski definition) is 16. The lowest BCUT2D eigenvalue weighted by atomic mass is 10.2. The zero-order valence-electron chi connectivity index (χ0n) is 35.0. The standard InChI is InChI=1S/C22H55N5O6Si2.5C2H4O2/c1-7-28-34(29-8-2,32-21(5)13-11-15-23)27(20-19-26-18-17-25)35(30-9-3,31-10-4)33-22(6)14-12-16-24;5*1-2(3)4/h21-22,26H,7-20,23-25H2,1-6H3;5*1H3,(H,3,4). The molecule has 0 bridgehead atoms. The first-order chi connectivity index (χ1) is 25.5. The summed E-state index contributed by atoms with van der Waals surface area (Å²) in [6.45, 7) is 22.4. The summed E-state index contributed by atoms with van der Waals surface area (Å²) in [5.41, 5.74) is 17.2. The summed E-state index contributed by atoms with van der Waals surface area (Å²) in [7, 11) is -7.05. The van der Waals surface area contributed by atoms with E-state index in [9.17, 15) is 0 Å². The van der Waals surface area contributed by atoms with E-state index in [-0.39, 0.29) is 12.2 Å². The molecular weight excluding hydrogens is 767 g/mol. The minimum absolute atomic E-state index is 0.132. The van der Waals surface area contributed by atoms with Gasteiger partial charge in [-0.3, -0.25) is 24.0 Å². The van der Waals surface area contributed by atoms with Crippen LogP contribution in [0.1, 0.15) is 102 Å². The van der Waals surface area contributed by atoms with Gasteiger partial charge in [0.15, 0.2) is 0 Å². The van der Waals surface area contributed by atoms with Crippen LogP contribution in [0.2, 0.25) is 0 Å². The molecule has 23 heteroatoms. The van der Waals surface area contributed by atoms with E-state index in [1.54, 1.807) is 0 Å². The van der Waals surface area contributed by atoms with Crippen LogP contribution in [0.4, 0.5) is 0 Å². The molecule has 0 saturated heterocycles. The van der Waals surface area contributed by atoms with Gasteiger partial charge in [-0.25, -0.2) is 4.23 Å². The van der Waals surface area contributed by atoms with Crippen molar-refractivity contribution in [2.75, 3.05) is 65.7 Å². The van der Waals surface area contributed by atoms with Gasteiger partial charge in [0, 0.05) is 99.4 Å². The first-order valence-electron chi connectivity index (χ1n) is 18.0. The lowest BCUT2D eigenvalue weighted by Crippen LogP contribution is -2.76. The van der Waals surface area contributed by atoms with Crippen LogP contribution >= 0.6 is 0 Å². The van der Waals surface area contributed by atoms with Crippen molar-refractivity contribution in [2.24, 2.45) is 17.2 Å². The molecule has 2 unspecified atom stereocenters. The molecule has 0 aliphatic carbocycles. The molecule has 0 spiro atoms. The monoisotopic (exact) mass is 841 g/mol. The Hall–Kier alpha value is -2.66. The lowest BCUT2D eigenvalue weighted by molar-refractivity contribution is -0.135. The van der Waals surface area contributed by atoms with Crippen LogP contribution < -0.4 is 22.5 Å². The molecule has 0 aliphatic rings. The molecule has 0 saturated carbocycles. The molecule has 0 amide bonds. The molecule has 0 fully saturated rings. The Labute approximate surface area is 330 Å². The third-order valence-corrected chi connectivity index (χ3v) is 12.6. The Balaban J connectivity index is -0.000000244. The predicted molar refractivity (Wildman–Crippen MR) is 211 cm³/mol. The zero-order valence-corrected chi connectivity index (χ0v) is 37.0. The topological polar surface area (TPSA) is 335 Å². The van der Waals surface area contributed by atoms with Crippen molar-refractivity contribution in [2.45, 2.75) is 114 Å². The molecule has 0 aromatic rings. The van der Waals surface area contributed by atoms with Crippen LogP contribution in [-0.2, 0) is 50.5 Å². The van der Waals surface area contributed by atoms with Crippen molar-refractivity contribution < 1.29 is 76.1 Å². The molecule has 332 valence electrons. The molecule has 0 radical (unpaired) electrons. The van der Waals surface area contributed by atoms with E-state index in [0.29, 0.717) is 65.7 Å². The molecular formula is C32H75N5O16Si2. The summed E-state index contributed by atoms with van der Waals surface area (Å²) in [6.07, 6.45) is 2.99. The second-order valence-corrected chi connectivity index (χ2v) is 16.0. The highest BCUT2D eigenvalue weighted by Gasteiger charge is 2.65. The highest BCUT2D eigenvalue weighted by atomic mass is 28.5. The Morgan fingerprint density at radius 3 is 1.00 bits per heavy atom. The fourth-order valence-corrected chi connectivity index (χ4v) is 10.9. The molecule has 0 aromatic carbocycles. The maximum Gasteiger partial charge on any atom is 0.598 e. The van der Waals surface area contributed by atoms with Gasteiger partial charge in [-0.2, -0.15) is 0 Å². The average molecular weight is 842 g/mol. The summed E-state index contributed by atoms with van der Waals surface area (Å²) < 4.78 is 41.1. The number of carbonyl (C=O) groups is 5. The van der Waals surface area contributed by atoms with Gasteiger partial charge in [-0.05, 0) is 80.3 Å². The minimum Gasteiger partial charge on any atom is -0.481 e. The zero-order chi connectivity index (χ0) is 44.5. The van der Waals surface area contributed by atoms with Crippen molar-refractivity contribution in [3.8, 4) is 0 Å². The Kier molecular flexibility index (Phi) is 51.5. The van der Waals surface area contributed by atoms with Crippen molar-refractivity contribution in [1.29, 1.82) is 0 Å². The van der Waals surface area contributed by atoms with Crippen molar-refractivity contribution >= 4 is 47.8 Å². The van der Waals surface area contributed by atoms with Gasteiger partial charge >= 0.3 is 17.9 Å². The molecule has 21 nitrogen and oxygen atoms in total. The Bertz CT molecular complexity index is 807. The van der Waals surface area contributed by atoms with E-state index in [2.05, 4.69) is 5.32 Å². The van der Waals surface area contributed by atoms with Crippen molar-refractivity contribution in [3.05, 3.63) is 0 Å². The van der Waals surface area contributed by atoms with E-state index in [1.807, 2.05) is 45.8 Å². The third-order valence-electron chi connectivity index (χ3n) is 5.13. The van der Waals surface area contributed by atoms with Crippen LogP contribution in [0.3, 0.4) is 0 Å². The molecule has 0 aromatic heterocycles.